The van der Waals surface area contributed by atoms with E-state index < -0.39 is 5.97 Å². The number of pyridine rings is 1. The number of para-hydroxylation sites is 1. The summed E-state index contributed by atoms with van der Waals surface area (Å²) in [6.45, 7) is 5.92. The number of aliphatic imine (C=N–C) groups is 1. The van der Waals surface area contributed by atoms with Crippen molar-refractivity contribution in [3.8, 4) is 11.1 Å². The summed E-state index contributed by atoms with van der Waals surface area (Å²) >= 11 is 0. The maximum atomic E-state index is 13.3. The maximum absolute atomic E-state index is 13.3. The van der Waals surface area contributed by atoms with Crippen molar-refractivity contribution in [2.75, 3.05) is 18.6 Å². The van der Waals surface area contributed by atoms with Crippen LogP contribution in [0.3, 0.4) is 0 Å². The predicted molar refractivity (Wildman–Crippen MR) is 148 cm³/mol. The second-order valence-electron chi connectivity index (χ2n) is 8.48. The zero-order valence-corrected chi connectivity index (χ0v) is 21.9. The quantitative estimate of drug-likeness (QED) is 0.136. The fourth-order valence-corrected chi connectivity index (χ4v) is 4.29. The molecule has 0 bridgehead atoms. The van der Waals surface area contributed by atoms with Crippen LogP contribution in [-0.4, -0.2) is 36.9 Å². The predicted octanol–water partition coefficient (Wildman–Crippen LogP) is 5.60. The van der Waals surface area contributed by atoms with Crippen LogP contribution in [0, 0.1) is 13.8 Å². The number of hydrogen-bond acceptors (Lipinski definition) is 6. The molecule has 0 fully saturated rings. The third kappa shape index (κ3) is 5.49. The molecule has 0 aliphatic heterocycles. The fraction of sp³-hybridized carbons (Fsp3) is 0.200. The summed E-state index contributed by atoms with van der Waals surface area (Å²) in [6, 6.07) is 22.4. The number of furan rings is 1. The Kier molecular flexibility index (Phi) is 8.33. The fourth-order valence-electron chi connectivity index (χ4n) is 4.29. The minimum absolute atomic E-state index is 0.207. The summed E-state index contributed by atoms with van der Waals surface area (Å²) in [7, 11) is 1.64. The Hall–Kier alpha value is -4.72. The van der Waals surface area contributed by atoms with E-state index in [0.29, 0.717) is 58.4 Å². The first kappa shape index (κ1) is 26.3. The Balaban J connectivity index is 2.02. The van der Waals surface area contributed by atoms with Gasteiger partial charge < -0.3 is 14.5 Å². The number of nitrogens with one attached hydrogen (secondary N) is 1. The molecule has 38 heavy (non-hydrogen) atoms. The van der Waals surface area contributed by atoms with Gasteiger partial charge in [0.1, 0.15) is 17.4 Å². The molecule has 194 valence electrons. The first-order valence-electron chi connectivity index (χ1n) is 12.3. The molecule has 0 radical (unpaired) electrons. The van der Waals surface area contributed by atoms with Crippen LogP contribution >= 0.6 is 0 Å². The van der Waals surface area contributed by atoms with Crippen LogP contribution in [0.25, 0.3) is 11.1 Å². The van der Waals surface area contributed by atoms with E-state index >= 15 is 0 Å². The average Bonchev–Trinajstić information content (AvgIpc) is 3.36. The number of ether oxygens (including phenoxy) is 1. The van der Waals surface area contributed by atoms with E-state index in [1.807, 2.05) is 79.7 Å². The molecule has 0 saturated carbocycles. The van der Waals surface area contributed by atoms with E-state index in [2.05, 4.69) is 10.3 Å². The minimum Gasteiger partial charge on any atom is -0.465 e. The van der Waals surface area contributed by atoms with Crippen LogP contribution in [0.1, 0.15) is 40.1 Å². The molecule has 0 saturated heterocycles. The van der Waals surface area contributed by atoms with Gasteiger partial charge in [0, 0.05) is 12.6 Å². The summed E-state index contributed by atoms with van der Waals surface area (Å²) in [5.74, 6) is 1.78. The van der Waals surface area contributed by atoms with Crippen LogP contribution in [0.5, 0.6) is 0 Å². The molecule has 4 rings (SSSR count). The molecule has 8 heteroatoms. The molecule has 1 N–H and O–H groups in total. The van der Waals surface area contributed by atoms with Crippen molar-refractivity contribution in [1.82, 2.24) is 10.3 Å². The molecule has 4 aromatic rings. The Morgan fingerprint density at radius 1 is 1.03 bits per heavy atom. The summed E-state index contributed by atoms with van der Waals surface area (Å²) < 4.78 is 11.2. The lowest BCUT2D eigenvalue weighted by atomic mass is 9.92. The lowest BCUT2D eigenvalue weighted by Gasteiger charge is -2.26. The zero-order valence-electron chi connectivity index (χ0n) is 21.9. The summed E-state index contributed by atoms with van der Waals surface area (Å²) in [6.07, 6.45) is 0.711. The van der Waals surface area contributed by atoms with Crippen LogP contribution < -0.4 is 10.2 Å². The Morgan fingerprint density at radius 3 is 2.29 bits per heavy atom. The largest absolute Gasteiger partial charge is 0.465 e. The summed E-state index contributed by atoms with van der Waals surface area (Å²) in [5.41, 5.74) is 3.18. The molecule has 1 amide bonds. The second-order valence-corrected chi connectivity index (χ2v) is 8.48. The standard InChI is InChI=1S/C30H30N4O4/c1-5-37-30(36)25-21(3)33-29(34(19-35)23-14-10-7-11-15-23)27(26(25)22-12-8-6-9-13-22)28(31-4)32-18-24-17-16-20(2)38-24/h6-17,19H,5,18H2,1-4H3,(H,31,32). The van der Waals surface area contributed by atoms with Gasteiger partial charge in [-0.25, -0.2) is 9.78 Å². The Morgan fingerprint density at radius 2 is 1.71 bits per heavy atom. The number of aryl methyl sites for hydroxylation is 2. The monoisotopic (exact) mass is 510 g/mol. The van der Waals surface area contributed by atoms with Gasteiger partial charge in [-0.1, -0.05) is 48.5 Å². The highest BCUT2D eigenvalue weighted by molar-refractivity contribution is 6.14. The number of nitrogens with zero attached hydrogens (tertiary/aromatic N) is 3. The number of aromatic nitrogens is 1. The number of carbonyl (C=O) groups is 2. The number of anilines is 2. The molecule has 0 aliphatic rings. The van der Waals surface area contributed by atoms with E-state index in [4.69, 9.17) is 14.1 Å². The molecule has 8 nitrogen and oxygen atoms in total. The topological polar surface area (TPSA) is 97.0 Å². The van der Waals surface area contributed by atoms with Crippen molar-refractivity contribution in [3.05, 3.63) is 101 Å². The highest BCUT2D eigenvalue weighted by atomic mass is 16.5. The molecular weight excluding hydrogens is 480 g/mol. The first-order valence-corrected chi connectivity index (χ1v) is 12.3. The van der Waals surface area contributed by atoms with Gasteiger partial charge >= 0.3 is 5.97 Å². The Labute approximate surface area is 222 Å². The van der Waals surface area contributed by atoms with Gasteiger partial charge in [0.2, 0.25) is 6.41 Å². The second kappa shape index (κ2) is 12.0. The van der Waals surface area contributed by atoms with E-state index in [-0.39, 0.29) is 6.61 Å². The number of hydrogen-bond donors (Lipinski definition) is 1. The zero-order chi connectivity index (χ0) is 27.1. The lowest BCUT2D eigenvalue weighted by molar-refractivity contribution is -0.106. The molecule has 2 aromatic carbocycles. The van der Waals surface area contributed by atoms with Crippen molar-refractivity contribution in [2.24, 2.45) is 4.99 Å². The van der Waals surface area contributed by atoms with Gasteiger partial charge in [0.25, 0.3) is 0 Å². The van der Waals surface area contributed by atoms with Crippen molar-refractivity contribution in [1.29, 1.82) is 0 Å². The number of rotatable bonds is 9. The molecular formula is C30H30N4O4. The smallest absolute Gasteiger partial charge is 0.340 e. The van der Waals surface area contributed by atoms with E-state index in [9.17, 15) is 9.59 Å². The van der Waals surface area contributed by atoms with Crippen LogP contribution in [0.15, 0.2) is 82.2 Å². The van der Waals surface area contributed by atoms with Gasteiger partial charge in [0.05, 0.1) is 35.7 Å². The van der Waals surface area contributed by atoms with Gasteiger partial charge in [-0.05, 0) is 50.6 Å². The highest BCUT2D eigenvalue weighted by Crippen LogP contribution is 2.37. The van der Waals surface area contributed by atoms with E-state index in [1.165, 1.54) is 4.90 Å². The third-order valence-corrected chi connectivity index (χ3v) is 5.96. The van der Waals surface area contributed by atoms with Crippen molar-refractivity contribution >= 4 is 29.7 Å². The van der Waals surface area contributed by atoms with Gasteiger partial charge in [-0.15, -0.1) is 0 Å². The molecule has 0 atom stereocenters. The summed E-state index contributed by atoms with van der Waals surface area (Å²) in [5, 5.41) is 3.34. The molecule has 0 spiro atoms. The highest BCUT2D eigenvalue weighted by Gasteiger charge is 2.30. The maximum Gasteiger partial charge on any atom is 0.340 e. The van der Waals surface area contributed by atoms with Crippen LogP contribution in [0.4, 0.5) is 11.5 Å². The van der Waals surface area contributed by atoms with E-state index in [0.717, 1.165) is 11.3 Å². The molecule has 0 aliphatic carbocycles. The number of carbonyl (C=O) groups excluding carboxylic acids is 2. The number of amidine groups is 1. The minimum atomic E-state index is -0.501. The first-order chi connectivity index (χ1) is 18.5. The van der Waals surface area contributed by atoms with Gasteiger partial charge in [-0.3, -0.25) is 14.7 Å². The average molecular weight is 511 g/mol. The normalized spacial score (nSPS) is 11.2. The third-order valence-electron chi connectivity index (χ3n) is 5.96. The van der Waals surface area contributed by atoms with Gasteiger partial charge in [-0.2, -0.15) is 0 Å². The van der Waals surface area contributed by atoms with E-state index in [1.54, 1.807) is 20.9 Å². The van der Waals surface area contributed by atoms with Gasteiger partial charge in [0.15, 0.2) is 5.82 Å². The number of amides is 1. The SMILES string of the molecule is CCOC(=O)c1c(C)nc(N(C=O)c2ccccc2)c(C(=NC)NCc2ccc(C)o2)c1-c1ccccc1. The van der Waals surface area contributed by atoms with Crippen molar-refractivity contribution in [3.63, 3.8) is 0 Å². The Bertz CT molecular complexity index is 1450. The van der Waals surface area contributed by atoms with Crippen molar-refractivity contribution in [2.45, 2.75) is 27.3 Å². The van der Waals surface area contributed by atoms with Crippen LogP contribution in [0.2, 0.25) is 0 Å². The molecule has 0 unspecified atom stereocenters. The number of benzene rings is 2. The molecule has 2 heterocycles. The number of esters is 1. The van der Waals surface area contributed by atoms with Crippen molar-refractivity contribution < 1.29 is 18.7 Å². The van der Waals surface area contributed by atoms with Crippen LogP contribution in [-0.2, 0) is 16.1 Å². The lowest BCUT2D eigenvalue weighted by Crippen LogP contribution is -2.30. The summed E-state index contributed by atoms with van der Waals surface area (Å²) in [4.78, 5) is 36.6. The molecule has 2 aromatic heterocycles.